The molecule has 2 unspecified atom stereocenters. The second kappa shape index (κ2) is 7.12. The summed E-state index contributed by atoms with van der Waals surface area (Å²) >= 11 is 1.88. The zero-order valence-electron chi connectivity index (χ0n) is 11.6. The van der Waals surface area contributed by atoms with E-state index >= 15 is 0 Å². The Labute approximate surface area is 116 Å². The largest absolute Gasteiger partial charge is 0.327 e. The third-order valence-electron chi connectivity index (χ3n) is 3.23. The van der Waals surface area contributed by atoms with Crippen molar-refractivity contribution in [1.29, 1.82) is 0 Å². The van der Waals surface area contributed by atoms with Crippen LogP contribution in [0.2, 0.25) is 0 Å². The van der Waals surface area contributed by atoms with Crippen LogP contribution in [0, 0.1) is 5.92 Å². The van der Waals surface area contributed by atoms with Crippen LogP contribution in [-0.2, 0) is 10.0 Å². The summed E-state index contributed by atoms with van der Waals surface area (Å²) in [5.41, 5.74) is 6.12. The van der Waals surface area contributed by atoms with Crippen LogP contribution in [0.5, 0.6) is 0 Å². The summed E-state index contributed by atoms with van der Waals surface area (Å²) in [5, 5.41) is 0.606. The van der Waals surface area contributed by atoms with Gasteiger partial charge in [0.15, 0.2) is 0 Å². The van der Waals surface area contributed by atoms with Crippen LogP contribution in [0.4, 0.5) is 0 Å². The number of nitrogens with zero attached hydrogens (tertiary/aromatic N) is 1. The molecule has 0 saturated carbocycles. The van der Waals surface area contributed by atoms with Crippen molar-refractivity contribution in [2.75, 3.05) is 25.1 Å². The number of piperidine rings is 1. The summed E-state index contributed by atoms with van der Waals surface area (Å²) in [6, 6.07) is 0.182. The molecule has 0 aromatic rings. The van der Waals surface area contributed by atoms with Gasteiger partial charge in [-0.2, -0.15) is 11.8 Å². The van der Waals surface area contributed by atoms with E-state index in [2.05, 4.69) is 13.8 Å². The highest BCUT2D eigenvalue weighted by Crippen LogP contribution is 2.23. The molecule has 0 aliphatic carbocycles. The average molecular weight is 294 g/mol. The van der Waals surface area contributed by atoms with Crippen LogP contribution in [0.25, 0.3) is 0 Å². The molecular formula is C12H26N2O2S2. The van der Waals surface area contributed by atoms with Crippen LogP contribution < -0.4 is 5.73 Å². The van der Waals surface area contributed by atoms with Crippen LogP contribution in [0.3, 0.4) is 0 Å². The van der Waals surface area contributed by atoms with Crippen LogP contribution in [-0.4, -0.2) is 49.1 Å². The van der Waals surface area contributed by atoms with Gasteiger partial charge in [0.25, 0.3) is 0 Å². The number of rotatable bonds is 6. The molecule has 1 heterocycles. The molecule has 1 fully saturated rings. The van der Waals surface area contributed by atoms with Crippen LogP contribution in [0.1, 0.15) is 33.1 Å². The van der Waals surface area contributed by atoms with Crippen molar-refractivity contribution in [3.8, 4) is 0 Å². The minimum atomic E-state index is -3.03. The fraction of sp³-hybridized carbons (Fsp3) is 1.00. The molecule has 108 valence electrons. The van der Waals surface area contributed by atoms with Crippen molar-refractivity contribution in [2.45, 2.75) is 44.4 Å². The molecule has 0 amide bonds. The van der Waals surface area contributed by atoms with Crippen molar-refractivity contribution in [3.63, 3.8) is 0 Å². The monoisotopic (exact) mass is 294 g/mol. The average Bonchev–Trinajstić information content (AvgIpc) is 2.25. The first-order chi connectivity index (χ1) is 8.29. The lowest BCUT2D eigenvalue weighted by molar-refractivity contribution is 0.250. The highest BCUT2D eigenvalue weighted by atomic mass is 32.2. The standard InChI is InChI=1S/C12H26N2O2S2/c1-10(2)17-9-12(13)7-11-5-4-6-14(8-11)18(3,15)16/h10-12H,4-9,13H2,1-3H3. The Balaban J connectivity index is 2.38. The van der Waals surface area contributed by atoms with E-state index < -0.39 is 10.0 Å². The maximum atomic E-state index is 11.5. The molecule has 18 heavy (non-hydrogen) atoms. The molecule has 1 aliphatic rings. The molecule has 0 bridgehead atoms. The molecule has 0 radical (unpaired) electrons. The van der Waals surface area contributed by atoms with E-state index in [1.807, 2.05) is 11.8 Å². The van der Waals surface area contributed by atoms with Gasteiger partial charge >= 0.3 is 0 Å². The van der Waals surface area contributed by atoms with Gasteiger partial charge in [0.1, 0.15) is 0 Å². The molecule has 1 rings (SSSR count). The van der Waals surface area contributed by atoms with Gasteiger partial charge in [-0.05, 0) is 30.4 Å². The molecule has 2 atom stereocenters. The summed E-state index contributed by atoms with van der Waals surface area (Å²) in [6.45, 7) is 5.66. The fourth-order valence-electron chi connectivity index (χ4n) is 2.33. The van der Waals surface area contributed by atoms with Gasteiger partial charge in [0.2, 0.25) is 10.0 Å². The minimum absolute atomic E-state index is 0.182. The lowest BCUT2D eigenvalue weighted by Gasteiger charge is -2.32. The topological polar surface area (TPSA) is 63.4 Å². The van der Waals surface area contributed by atoms with Crippen LogP contribution >= 0.6 is 11.8 Å². The molecule has 1 saturated heterocycles. The maximum Gasteiger partial charge on any atom is 0.211 e. The number of thioether (sulfide) groups is 1. The fourth-order valence-corrected chi connectivity index (χ4v) is 4.04. The smallest absolute Gasteiger partial charge is 0.211 e. The first-order valence-corrected chi connectivity index (χ1v) is 9.51. The summed E-state index contributed by atoms with van der Waals surface area (Å²) in [7, 11) is -3.03. The molecule has 0 aromatic heterocycles. The van der Waals surface area contributed by atoms with Crippen molar-refractivity contribution >= 4 is 21.8 Å². The Morgan fingerprint density at radius 2 is 2.11 bits per heavy atom. The normalized spacial score (nSPS) is 24.4. The first kappa shape index (κ1) is 16.3. The van der Waals surface area contributed by atoms with Gasteiger partial charge in [-0.15, -0.1) is 0 Å². The van der Waals surface area contributed by atoms with Gasteiger partial charge in [-0.25, -0.2) is 12.7 Å². The highest BCUT2D eigenvalue weighted by molar-refractivity contribution is 7.99. The van der Waals surface area contributed by atoms with Crippen molar-refractivity contribution in [1.82, 2.24) is 4.31 Å². The van der Waals surface area contributed by atoms with Gasteiger partial charge in [0.05, 0.1) is 6.26 Å². The Morgan fingerprint density at radius 3 is 2.67 bits per heavy atom. The van der Waals surface area contributed by atoms with Gasteiger partial charge < -0.3 is 5.73 Å². The predicted octanol–water partition coefficient (Wildman–Crippen LogP) is 1.52. The number of sulfonamides is 1. The second-order valence-electron chi connectivity index (χ2n) is 5.51. The molecular weight excluding hydrogens is 268 g/mol. The van der Waals surface area contributed by atoms with Gasteiger partial charge in [0, 0.05) is 24.9 Å². The predicted molar refractivity (Wildman–Crippen MR) is 79.3 cm³/mol. The number of hydrogen-bond donors (Lipinski definition) is 1. The van der Waals surface area contributed by atoms with Gasteiger partial charge in [-0.3, -0.25) is 0 Å². The Hall–Kier alpha value is 0.220. The van der Waals surface area contributed by atoms with E-state index in [4.69, 9.17) is 5.73 Å². The number of hydrogen-bond acceptors (Lipinski definition) is 4. The SMILES string of the molecule is CC(C)SCC(N)CC1CCCN(S(C)(=O)=O)C1. The lowest BCUT2D eigenvalue weighted by atomic mass is 9.93. The molecule has 1 aliphatic heterocycles. The van der Waals surface area contributed by atoms with E-state index in [9.17, 15) is 8.42 Å². The number of nitrogens with two attached hydrogens (primary N) is 1. The van der Waals surface area contributed by atoms with Crippen molar-refractivity contribution < 1.29 is 8.42 Å². The minimum Gasteiger partial charge on any atom is -0.327 e. The van der Waals surface area contributed by atoms with Crippen molar-refractivity contribution in [3.05, 3.63) is 0 Å². The first-order valence-electron chi connectivity index (χ1n) is 6.61. The molecule has 4 nitrogen and oxygen atoms in total. The van der Waals surface area contributed by atoms with E-state index in [-0.39, 0.29) is 6.04 Å². The zero-order chi connectivity index (χ0) is 13.8. The molecule has 0 aromatic carbocycles. The highest BCUT2D eigenvalue weighted by Gasteiger charge is 2.26. The molecule has 2 N–H and O–H groups in total. The molecule has 6 heteroatoms. The summed E-state index contributed by atoms with van der Waals surface area (Å²) in [5.74, 6) is 1.39. The third-order valence-corrected chi connectivity index (χ3v) is 5.79. The third kappa shape index (κ3) is 5.91. The van der Waals surface area contributed by atoms with E-state index in [1.165, 1.54) is 6.26 Å². The Morgan fingerprint density at radius 1 is 1.44 bits per heavy atom. The van der Waals surface area contributed by atoms with Crippen molar-refractivity contribution in [2.24, 2.45) is 11.7 Å². The lowest BCUT2D eigenvalue weighted by Crippen LogP contribution is -2.41. The summed E-state index contributed by atoms with van der Waals surface area (Å²) < 4.78 is 24.6. The zero-order valence-corrected chi connectivity index (χ0v) is 13.3. The van der Waals surface area contributed by atoms with Gasteiger partial charge in [-0.1, -0.05) is 13.8 Å². The Bertz CT molecular complexity index is 344. The van der Waals surface area contributed by atoms with E-state index in [0.29, 0.717) is 24.3 Å². The molecule has 0 spiro atoms. The van der Waals surface area contributed by atoms with E-state index in [1.54, 1.807) is 4.31 Å². The maximum absolute atomic E-state index is 11.5. The summed E-state index contributed by atoms with van der Waals surface area (Å²) in [6.07, 6.45) is 4.30. The quantitative estimate of drug-likeness (QED) is 0.806. The Kier molecular flexibility index (Phi) is 6.44. The van der Waals surface area contributed by atoms with E-state index in [0.717, 1.165) is 25.0 Å². The second-order valence-corrected chi connectivity index (χ2v) is 9.10. The van der Waals surface area contributed by atoms with Crippen LogP contribution in [0.15, 0.2) is 0 Å². The summed E-state index contributed by atoms with van der Waals surface area (Å²) in [4.78, 5) is 0.